The van der Waals surface area contributed by atoms with Crippen molar-refractivity contribution in [3.05, 3.63) is 29.7 Å². The second kappa shape index (κ2) is 5.16. The van der Waals surface area contributed by atoms with Gasteiger partial charge in [0, 0.05) is 51.6 Å². The van der Waals surface area contributed by atoms with Crippen LogP contribution < -0.4 is 0 Å². The first-order chi connectivity index (χ1) is 10.0. The fourth-order valence-corrected chi connectivity index (χ4v) is 2.51. The van der Waals surface area contributed by atoms with E-state index in [9.17, 15) is 9.59 Å². The third-order valence-corrected chi connectivity index (χ3v) is 3.69. The molecule has 0 unspecified atom stereocenters. The summed E-state index contributed by atoms with van der Waals surface area (Å²) in [5.74, 6) is -0.0158. The summed E-state index contributed by atoms with van der Waals surface area (Å²) in [5, 5.41) is 4.27. The number of amides is 2. The zero-order valence-electron chi connectivity index (χ0n) is 12.1. The summed E-state index contributed by atoms with van der Waals surface area (Å²) in [7, 11) is 0. The number of aromatic nitrogens is 3. The van der Waals surface area contributed by atoms with Crippen LogP contribution in [0.3, 0.4) is 0 Å². The van der Waals surface area contributed by atoms with Crippen LogP contribution in [0, 0.1) is 6.92 Å². The van der Waals surface area contributed by atoms with E-state index in [-0.39, 0.29) is 11.8 Å². The predicted octanol–water partition coefficient (Wildman–Crippen LogP) is 0.342. The lowest BCUT2D eigenvalue weighted by Gasteiger charge is -2.34. The van der Waals surface area contributed by atoms with Gasteiger partial charge in [-0.1, -0.05) is 0 Å². The molecule has 1 saturated heterocycles. The molecule has 21 heavy (non-hydrogen) atoms. The van der Waals surface area contributed by atoms with Gasteiger partial charge in [-0.2, -0.15) is 5.10 Å². The molecule has 0 radical (unpaired) electrons. The molecule has 0 N–H and O–H groups in total. The quantitative estimate of drug-likeness (QED) is 0.758. The van der Waals surface area contributed by atoms with E-state index in [1.807, 2.05) is 13.0 Å². The molecule has 0 saturated carbocycles. The summed E-state index contributed by atoms with van der Waals surface area (Å²) >= 11 is 0. The standard InChI is InChI=1S/C14H17N5O2/c1-10-7-13-15-8-12(9-19(13)16-10)14(21)18-5-3-17(4-6-18)11(2)20/h7-9H,3-6H2,1-2H3. The van der Waals surface area contributed by atoms with Crippen LogP contribution in [0.15, 0.2) is 18.5 Å². The number of fused-ring (bicyclic) bond motifs is 1. The lowest BCUT2D eigenvalue weighted by atomic mass is 10.2. The van der Waals surface area contributed by atoms with Gasteiger partial charge in [0.2, 0.25) is 5.91 Å². The van der Waals surface area contributed by atoms with Gasteiger partial charge in [-0.3, -0.25) is 9.59 Å². The summed E-state index contributed by atoms with van der Waals surface area (Å²) in [6.45, 7) is 5.70. The second-order valence-corrected chi connectivity index (χ2v) is 5.23. The number of hydrogen-bond acceptors (Lipinski definition) is 4. The van der Waals surface area contributed by atoms with E-state index in [2.05, 4.69) is 10.1 Å². The molecule has 0 bridgehead atoms. The van der Waals surface area contributed by atoms with Gasteiger partial charge in [-0.05, 0) is 6.92 Å². The summed E-state index contributed by atoms with van der Waals surface area (Å²) < 4.78 is 1.62. The van der Waals surface area contributed by atoms with Gasteiger partial charge in [-0.25, -0.2) is 9.50 Å². The van der Waals surface area contributed by atoms with Crippen molar-refractivity contribution in [1.29, 1.82) is 0 Å². The number of piperazine rings is 1. The Hall–Kier alpha value is -2.44. The minimum atomic E-state index is -0.0687. The largest absolute Gasteiger partial charge is 0.339 e. The van der Waals surface area contributed by atoms with E-state index < -0.39 is 0 Å². The topological polar surface area (TPSA) is 70.8 Å². The molecule has 7 nitrogen and oxygen atoms in total. The third-order valence-electron chi connectivity index (χ3n) is 3.69. The number of nitrogens with zero attached hydrogens (tertiary/aromatic N) is 5. The summed E-state index contributed by atoms with van der Waals surface area (Å²) in [6.07, 6.45) is 3.28. The van der Waals surface area contributed by atoms with Crippen LogP contribution in [0.5, 0.6) is 0 Å². The molecule has 1 aliphatic heterocycles. The van der Waals surface area contributed by atoms with Gasteiger partial charge < -0.3 is 9.80 Å². The van der Waals surface area contributed by atoms with E-state index in [4.69, 9.17) is 0 Å². The fraction of sp³-hybridized carbons (Fsp3) is 0.429. The first-order valence-corrected chi connectivity index (χ1v) is 6.91. The van der Waals surface area contributed by atoms with Crippen LogP contribution in [-0.4, -0.2) is 62.4 Å². The molecule has 1 aliphatic rings. The smallest absolute Gasteiger partial charge is 0.257 e. The zero-order chi connectivity index (χ0) is 15.0. The second-order valence-electron chi connectivity index (χ2n) is 5.23. The number of rotatable bonds is 1. The lowest BCUT2D eigenvalue weighted by Crippen LogP contribution is -2.50. The van der Waals surface area contributed by atoms with Crippen molar-refractivity contribution in [3.63, 3.8) is 0 Å². The molecule has 0 aromatic carbocycles. The van der Waals surface area contributed by atoms with Crippen molar-refractivity contribution < 1.29 is 9.59 Å². The van der Waals surface area contributed by atoms with Gasteiger partial charge >= 0.3 is 0 Å². The maximum Gasteiger partial charge on any atom is 0.257 e. The fourth-order valence-electron chi connectivity index (χ4n) is 2.51. The van der Waals surface area contributed by atoms with Crippen LogP contribution >= 0.6 is 0 Å². The van der Waals surface area contributed by atoms with Crippen molar-refractivity contribution in [2.24, 2.45) is 0 Å². The van der Waals surface area contributed by atoms with Crippen LogP contribution in [0.25, 0.3) is 5.65 Å². The average Bonchev–Trinajstić information content (AvgIpc) is 2.85. The Labute approximate surface area is 122 Å². The monoisotopic (exact) mass is 287 g/mol. The first kappa shape index (κ1) is 13.5. The molecule has 110 valence electrons. The Morgan fingerprint density at radius 1 is 1.14 bits per heavy atom. The number of carbonyl (C=O) groups excluding carboxylic acids is 2. The van der Waals surface area contributed by atoms with E-state index in [1.165, 1.54) is 0 Å². The van der Waals surface area contributed by atoms with Crippen molar-refractivity contribution in [1.82, 2.24) is 24.4 Å². The van der Waals surface area contributed by atoms with Crippen LogP contribution in [0.1, 0.15) is 23.0 Å². The minimum absolute atomic E-state index is 0.0530. The molecule has 3 heterocycles. The summed E-state index contributed by atoms with van der Waals surface area (Å²) in [4.78, 5) is 31.5. The molecule has 3 rings (SSSR count). The molecule has 2 aromatic rings. The van der Waals surface area contributed by atoms with E-state index in [1.54, 1.807) is 33.6 Å². The molecule has 0 atom stereocenters. The number of carbonyl (C=O) groups is 2. The van der Waals surface area contributed by atoms with Crippen LogP contribution in [-0.2, 0) is 4.79 Å². The lowest BCUT2D eigenvalue weighted by molar-refractivity contribution is -0.130. The van der Waals surface area contributed by atoms with Crippen LogP contribution in [0.2, 0.25) is 0 Å². The predicted molar refractivity (Wildman–Crippen MR) is 75.9 cm³/mol. The van der Waals surface area contributed by atoms with Crippen LogP contribution in [0.4, 0.5) is 0 Å². The highest BCUT2D eigenvalue weighted by Gasteiger charge is 2.23. The average molecular weight is 287 g/mol. The normalized spacial score (nSPS) is 15.5. The van der Waals surface area contributed by atoms with Crippen molar-refractivity contribution in [3.8, 4) is 0 Å². The number of hydrogen-bond donors (Lipinski definition) is 0. The summed E-state index contributed by atoms with van der Waals surface area (Å²) in [6, 6.07) is 1.86. The maximum atomic E-state index is 12.5. The Balaban J connectivity index is 1.76. The van der Waals surface area contributed by atoms with E-state index in [0.29, 0.717) is 31.7 Å². The number of aryl methyl sites for hydroxylation is 1. The van der Waals surface area contributed by atoms with Crippen molar-refractivity contribution >= 4 is 17.5 Å². The Bertz CT molecular complexity index is 700. The van der Waals surface area contributed by atoms with Gasteiger partial charge in [0.1, 0.15) is 0 Å². The van der Waals surface area contributed by atoms with Gasteiger partial charge in [0.25, 0.3) is 5.91 Å². The van der Waals surface area contributed by atoms with E-state index >= 15 is 0 Å². The Morgan fingerprint density at radius 3 is 2.48 bits per heavy atom. The van der Waals surface area contributed by atoms with Gasteiger partial charge in [-0.15, -0.1) is 0 Å². The summed E-state index contributed by atoms with van der Waals surface area (Å²) in [5.41, 5.74) is 2.11. The molecule has 0 spiro atoms. The highest BCUT2D eigenvalue weighted by molar-refractivity contribution is 5.94. The third kappa shape index (κ3) is 2.58. The highest BCUT2D eigenvalue weighted by Crippen LogP contribution is 2.10. The molecule has 0 aliphatic carbocycles. The van der Waals surface area contributed by atoms with Crippen molar-refractivity contribution in [2.45, 2.75) is 13.8 Å². The molecule has 2 aromatic heterocycles. The van der Waals surface area contributed by atoms with Crippen molar-refractivity contribution in [2.75, 3.05) is 26.2 Å². The molecule has 2 amide bonds. The highest BCUT2D eigenvalue weighted by atomic mass is 16.2. The minimum Gasteiger partial charge on any atom is -0.339 e. The molecular formula is C14H17N5O2. The Morgan fingerprint density at radius 2 is 1.81 bits per heavy atom. The SMILES string of the molecule is CC(=O)N1CCN(C(=O)c2cnc3cc(C)nn3c2)CC1. The Kier molecular flexibility index (Phi) is 3.32. The van der Waals surface area contributed by atoms with Gasteiger partial charge in [0.15, 0.2) is 5.65 Å². The molecule has 7 heteroatoms. The molecule has 1 fully saturated rings. The van der Waals surface area contributed by atoms with Gasteiger partial charge in [0.05, 0.1) is 11.3 Å². The van der Waals surface area contributed by atoms with E-state index in [0.717, 1.165) is 11.3 Å². The maximum absolute atomic E-state index is 12.5. The molecular weight excluding hydrogens is 270 g/mol. The zero-order valence-corrected chi connectivity index (χ0v) is 12.1. The first-order valence-electron chi connectivity index (χ1n) is 6.91.